The largest absolute Gasteiger partial charge is 0.337 e. The highest BCUT2D eigenvalue weighted by Crippen LogP contribution is 2.45. The van der Waals surface area contributed by atoms with Crippen LogP contribution in [0.25, 0.3) is 94.0 Å². The molecule has 0 fully saturated rings. The summed E-state index contributed by atoms with van der Waals surface area (Å²) in [5.41, 5.74) is 12.2. The smallest absolute Gasteiger partial charge is 0.161 e. The Morgan fingerprint density at radius 1 is 0.532 bits per heavy atom. The number of allylic oxidation sites excluding steroid dienone is 1. The van der Waals surface area contributed by atoms with Crippen LogP contribution in [0.1, 0.15) is 45.2 Å². The highest BCUT2D eigenvalue weighted by Gasteiger charge is 2.33. The second-order valence-corrected chi connectivity index (χ2v) is 17.1. The van der Waals surface area contributed by atoms with Crippen LogP contribution in [-0.2, 0) is 4.79 Å². The van der Waals surface area contributed by atoms with Gasteiger partial charge in [-0.3, -0.25) is 4.79 Å². The number of carbonyl (C=O) groups is 1. The molecule has 8 aromatic carbocycles. The van der Waals surface area contributed by atoms with E-state index >= 15 is 0 Å². The van der Waals surface area contributed by atoms with Gasteiger partial charge >= 0.3 is 0 Å². The van der Waals surface area contributed by atoms with Gasteiger partial charge in [0.25, 0.3) is 0 Å². The molecule has 3 heterocycles. The van der Waals surface area contributed by atoms with E-state index in [9.17, 15) is 4.79 Å². The Morgan fingerprint density at radius 3 is 1.68 bits per heavy atom. The van der Waals surface area contributed by atoms with E-state index in [1.54, 1.807) is 6.08 Å². The minimum Gasteiger partial charge on any atom is -0.337 e. The molecule has 0 radical (unpaired) electrons. The lowest BCUT2D eigenvalue weighted by Gasteiger charge is -2.30. The van der Waals surface area contributed by atoms with Crippen molar-refractivity contribution in [2.75, 3.05) is 0 Å². The van der Waals surface area contributed by atoms with Gasteiger partial charge in [-0.05, 0) is 103 Å². The predicted molar refractivity (Wildman–Crippen MR) is 262 cm³/mol. The highest BCUT2D eigenvalue weighted by atomic mass is 16.1. The number of para-hydroxylation sites is 3. The number of ketones is 1. The second kappa shape index (κ2) is 14.9. The molecule has 4 heteroatoms. The van der Waals surface area contributed by atoms with Crippen molar-refractivity contribution in [2.24, 2.45) is 5.41 Å². The Morgan fingerprint density at radius 2 is 1.05 bits per heavy atom. The molecule has 11 rings (SSSR count). The molecule has 4 nitrogen and oxygen atoms in total. The van der Waals surface area contributed by atoms with E-state index in [4.69, 9.17) is 0 Å². The van der Waals surface area contributed by atoms with Crippen molar-refractivity contribution in [2.45, 2.75) is 39.7 Å². The zero-order valence-electron chi connectivity index (χ0n) is 35.3. The molecule has 0 saturated carbocycles. The Labute approximate surface area is 361 Å². The summed E-state index contributed by atoms with van der Waals surface area (Å²) in [6.45, 7) is 6.59. The van der Waals surface area contributed by atoms with Gasteiger partial charge in [-0.2, -0.15) is 0 Å². The first kappa shape index (κ1) is 37.6. The standard InChI is InChI=1S/C58H47N3O/c1-4-58(3,55(62)36-27-40-17-7-5-8-18-40)38-39(2)59-50-24-14-13-23-47(50)48-33-35-54-56(57(48)59)49-37-42(41-19-9-6-10-20-41)28-34-53(49)61(54)44-31-29-43(30-32-44)60-51-25-15-11-21-45(51)46-22-12-16-26-52(46)60/h5-37,39H,4,38H2,1-3H3/b36-27+. The van der Waals surface area contributed by atoms with Gasteiger partial charge in [-0.25, -0.2) is 0 Å². The first-order valence-electron chi connectivity index (χ1n) is 21.8. The molecular weight excluding hydrogens is 755 g/mol. The lowest BCUT2D eigenvalue weighted by molar-refractivity contribution is -0.123. The molecule has 0 aliphatic rings. The average Bonchev–Trinajstić information content (AvgIpc) is 3.97. The molecule has 3 aromatic heterocycles. The normalized spacial score (nSPS) is 13.6. The van der Waals surface area contributed by atoms with E-state index in [1.165, 1.54) is 65.5 Å². The molecule has 0 aliphatic heterocycles. The Hall–Kier alpha value is -7.43. The Balaban J connectivity index is 1.12. The maximum Gasteiger partial charge on any atom is 0.161 e. The molecule has 0 amide bonds. The predicted octanol–water partition coefficient (Wildman–Crippen LogP) is 15.3. The molecule has 62 heavy (non-hydrogen) atoms. The fourth-order valence-electron chi connectivity index (χ4n) is 10.2. The van der Waals surface area contributed by atoms with Gasteiger partial charge in [-0.1, -0.05) is 147 Å². The third-order valence-electron chi connectivity index (χ3n) is 13.4. The summed E-state index contributed by atoms with van der Waals surface area (Å²) >= 11 is 0. The number of hydrogen-bond donors (Lipinski definition) is 0. The van der Waals surface area contributed by atoms with Crippen molar-refractivity contribution in [3.05, 3.63) is 200 Å². The average molecular weight is 802 g/mol. The fraction of sp³-hybridized carbons (Fsp3) is 0.121. The monoisotopic (exact) mass is 801 g/mol. The first-order chi connectivity index (χ1) is 30.4. The van der Waals surface area contributed by atoms with Crippen LogP contribution in [0.2, 0.25) is 0 Å². The molecular formula is C58H47N3O. The molecule has 0 N–H and O–H groups in total. The summed E-state index contributed by atoms with van der Waals surface area (Å²) in [6.07, 6.45) is 5.19. The van der Waals surface area contributed by atoms with Crippen molar-refractivity contribution in [3.8, 4) is 22.5 Å². The van der Waals surface area contributed by atoms with Crippen molar-refractivity contribution >= 4 is 77.3 Å². The minimum atomic E-state index is -0.553. The number of aromatic nitrogens is 3. The number of hydrogen-bond acceptors (Lipinski definition) is 1. The van der Waals surface area contributed by atoms with E-state index in [-0.39, 0.29) is 11.8 Å². The molecule has 11 aromatic rings. The van der Waals surface area contributed by atoms with Gasteiger partial charge in [0.2, 0.25) is 0 Å². The number of carbonyl (C=O) groups excluding carboxylic acids is 1. The number of nitrogens with zero attached hydrogens (tertiary/aromatic N) is 3. The quantitative estimate of drug-likeness (QED) is 0.127. The molecule has 300 valence electrons. The van der Waals surface area contributed by atoms with Crippen molar-refractivity contribution in [1.82, 2.24) is 13.7 Å². The molecule has 0 saturated heterocycles. The summed E-state index contributed by atoms with van der Waals surface area (Å²) in [5, 5.41) is 7.38. The van der Waals surface area contributed by atoms with E-state index in [0.29, 0.717) is 6.42 Å². The van der Waals surface area contributed by atoms with Crippen LogP contribution in [0.4, 0.5) is 0 Å². The van der Waals surface area contributed by atoms with Crippen molar-refractivity contribution in [3.63, 3.8) is 0 Å². The van der Waals surface area contributed by atoms with E-state index < -0.39 is 5.41 Å². The first-order valence-corrected chi connectivity index (χ1v) is 21.8. The van der Waals surface area contributed by atoms with Crippen LogP contribution in [0.3, 0.4) is 0 Å². The SMILES string of the molecule is CCC(C)(CC(C)n1c2ccccc2c2ccc3c(c4cc(-c5ccccc5)ccc4n3-c3ccc(-n4c5ccccc5c5ccccc54)cc3)c21)C(=O)/C=C/c1ccccc1. The number of rotatable bonds is 10. The zero-order valence-corrected chi connectivity index (χ0v) is 35.3. The second-order valence-electron chi connectivity index (χ2n) is 17.1. The molecule has 0 spiro atoms. The molecule has 2 unspecified atom stereocenters. The van der Waals surface area contributed by atoms with E-state index in [0.717, 1.165) is 34.4 Å². The summed E-state index contributed by atoms with van der Waals surface area (Å²) in [5.74, 6) is 0.162. The summed E-state index contributed by atoms with van der Waals surface area (Å²) < 4.78 is 7.36. The van der Waals surface area contributed by atoms with Gasteiger partial charge in [0.05, 0.1) is 27.6 Å². The third-order valence-corrected chi connectivity index (χ3v) is 13.4. The van der Waals surface area contributed by atoms with Gasteiger partial charge < -0.3 is 13.7 Å². The molecule has 0 bridgehead atoms. The summed E-state index contributed by atoms with van der Waals surface area (Å²) in [4.78, 5) is 14.1. The molecule has 0 aliphatic carbocycles. The molecule has 2 atom stereocenters. The van der Waals surface area contributed by atoms with Crippen LogP contribution < -0.4 is 0 Å². The highest BCUT2D eigenvalue weighted by molar-refractivity contribution is 6.26. The van der Waals surface area contributed by atoms with Gasteiger partial charge in [0.1, 0.15) is 0 Å². The maximum atomic E-state index is 14.1. The van der Waals surface area contributed by atoms with Crippen molar-refractivity contribution < 1.29 is 4.79 Å². The Bertz CT molecular complexity index is 3460. The zero-order chi connectivity index (χ0) is 42.0. The van der Waals surface area contributed by atoms with Gasteiger partial charge in [0.15, 0.2) is 5.78 Å². The summed E-state index contributed by atoms with van der Waals surface area (Å²) in [7, 11) is 0. The van der Waals surface area contributed by atoms with Crippen molar-refractivity contribution in [1.29, 1.82) is 0 Å². The lowest BCUT2D eigenvalue weighted by Crippen LogP contribution is -2.28. The topological polar surface area (TPSA) is 31.9 Å². The van der Waals surface area contributed by atoms with E-state index in [2.05, 4.69) is 192 Å². The number of fused-ring (bicyclic) bond motifs is 10. The van der Waals surface area contributed by atoms with Crippen LogP contribution in [0.5, 0.6) is 0 Å². The van der Waals surface area contributed by atoms with Gasteiger partial charge in [0, 0.05) is 60.7 Å². The maximum absolute atomic E-state index is 14.1. The number of benzene rings is 8. The summed E-state index contributed by atoms with van der Waals surface area (Å²) in [6, 6.07) is 67.6. The van der Waals surface area contributed by atoms with Crippen LogP contribution in [0.15, 0.2) is 194 Å². The van der Waals surface area contributed by atoms with Crippen LogP contribution >= 0.6 is 0 Å². The minimum absolute atomic E-state index is 0.0169. The fourth-order valence-corrected chi connectivity index (χ4v) is 10.2. The van der Waals surface area contributed by atoms with E-state index in [1.807, 2.05) is 36.4 Å². The third kappa shape index (κ3) is 6.01. The Kier molecular flexibility index (Phi) is 9.05. The van der Waals surface area contributed by atoms with Crippen LogP contribution in [0, 0.1) is 5.41 Å². The lowest BCUT2D eigenvalue weighted by atomic mass is 9.77. The van der Waals surface area contributed by atoms with Gasteiger partial charge in [-0.15, -0.1) is 0 Å². The van der Waals surface area contributed by atoms with Crippen LogP contribution in [-0.4, -0.2) is 19.5 Å².